The Balaban J connectivity index is 1.24. The van der Waals surface area contributed by atoms with Gasteiger partial charge in [-0.1, -0.05) is 43.6 Å². The third-order valence-corrected chi connectivity index (χ3v) is 14.9. The van der Waals surface area contributed by atoms with Gasteiger partial charge in [0, 0.05) is 0 Å². The van der Waals surface area contributed by atoms with Crippen molar-refractivity contribution in [1.29, 1.82) is 0 Å². The second-order valence-electron chi connectivity index (χ2n) is 17.9. The van der Waals surface area contributed by atoms with E-state index in [1.54, 1.807) is 0 Å². The molecule has 0 spiro atoms. The van der Waals surface area contributed by atoms with Crippen LogP contribution in [0.2, 0.25) is 0 Å². The Bertz CT molecular complexity index is 1520. The largest absolute Gasteiger partial charge is 0.397 e. The molecular weight excluding hydrogens is 740 g/mol. The van der Waals surface area contributed by atoms with Crippen molar-refractivity contribution in [2.24, 2.45) is 34.5 Å². The van der Waals surface area contributed by atoms with Crippen molar-refractivity contribution in [3.05, 3.63) is 22.8 Å². The van der Waals surface area contributed by atoms with Crippen LogP contribution in [0.4, 0.5) is 0 Å². The third kappa shape index (κ3) is 8.51. The highest BCUT2D eigenvalue weighted by atomic mass is 32.3. The maximum absolute atomic E-state index is 12.4. The summed E-state index contributed by atoms with van der Waals surface area (Å²) in [4.78, 5) is 0. The highest BCUT2D eigenvalue weighted by Crippen LogP contribution is 2.66. The molecule has 0 radical (unpaired) electrons. The highest BCUT2D eigenvalue weighted by molar-refractivity contribution is 7.80. The zero-order valence-corrected chi connectivity index (χ0v) is 33.5. The van der Waals surface area contributed by atoms with E-state index >= 15 is 0 Å². The fraction of sp³-hybridized carbons (Fsp3) is 0.897. The molecule has 15 nitrogen and oxygen atoms in total. The predicted octanol–water partition coefficient (Wildman–Crippen LogP) is 1.90. The minimum atomic E-state index is -4.83. The van der Waals surface area contributed by atoms with Crippen LogP contribution >= 0.6 is 0 Å². The number of rotatable bonds is 12. The first-order valence-corrected chi connectivity index (χ1v) is 21.4. The maximum Gasteiger partial charge on any atom is 0.397 e. The molecule has 55 heavy (non-hydrogen) atoms. The number of fused-ring (bicyclic) bond motifs is 4. The van der Waals surface area contributed by atoms with Crippen LogP contribution in [0.1, 0.15) is 98.8 Å². The number of ether oxygens (including phenoxy) is 4. The molecule has 316 valence electrons. The van der Waals surface area contributed by atoms with Crippen LogP contribution in [0.15, 0.2) is 22.8 Å². The van der Waals surface area contributed by atoms with E-state index < -0.39 is 109 Å². The molecule has 18 atom stereocenters. The van der Waals surface area contributed by atoms with Gasteiger partial charge in [0.15, 0.2) is 12.6 Å². The fourth-order valence-electron chi connectivity index (χ4n) is 11.5. The molecule has 4 fully saturated rings. The molecule has 0 bridgehead atoms. The fourth-order valence-corrected chi connectivity index (χ4v) is 12.0. The summed E-state index contributed by atoms with van der Waals surface area (Å²) < 4.78 is 64.1. The van der Waals surface area contributed by atoms with Gasteiger partial charge in [-0.2, -0.15) is 8.42 Å². The number of allylic oxidation sites excluding steroid dienone is 3. The predicted molar refractivity (Wildman–Crippen MR) is 196 cm³/mol. The molecule has 2 aliphatic heterocycles. The summed E-state index contributed by atoms with van der Waals surface area (Å²) in [5, 5.41) is 72.8. The number of hydrogen-bond acceptors (Lipinski definition) is 14. The van der Waals surface area contributed by atoms with Gasteiger partial charge in [0.2, 0.25) is 0 Å². The maximum atomic E-state index is 12.4. The van der Waals surface area contributed by atoms with Crippen LogP contribution in [-0.2, 0) is 33.5 Å². The van der Waals surface area contributed by atoms with E-state index in [2.05, 4.69) is 40.7 Å². The van der Waals surface area contributed by atoms with E-state index in [1.165, 1.54) is 16.7 Å². The molecule has 2 heterocycles. The average Bonchev–Trinajstić information content (AvgIpc) is 3.48. The lowest BCUT2D eigenvalue weighted by Crippen LogP contribution is -2.65. The number of aliphatic hydroxyl groups excluding tert-OH is 7. The summed E-state index contributed by atoms with van der Waals surface area (Å²) >= 11 is 0. The standard InChI is InChI=1S/C39H64O15S/c1-19(2)7-6-8-20(3)23-9-10-24-22-16-27(54-55(47,48)49)26-15-21(11-13-39(26,5)25(22)12-14-38(23,24)4)50-37-35(33(45)31(43)29(18-41)52-37)53-36-34(46)32(44)30(42)28(17-40)51-36/h7,20-21,23-24,26-37,40-46H,6,8-18H2,1-5H3,(H,47,48,49)/t20-,21+,23-,24?,26?,27+,28?,29?,30?,31?,32?,33?,34?,35?,36?,37?,38-,39-/m1/s1. The van der Waals surface area contributed by atoms with Crippen molar-refractivity contribution < 1.29 is 71.8 Å². The molecule has 0 aromatic rings. The monoisotopic (exact) mass is 804 g/mol. The highest BCUT2D eigenvalue weighted by Gasteiger charge is 2.59. The minimum absolute atomic E-state index is 0.0678. The molecule has 16 heteroatoms. The van der Waals surface area contributed by atoms with Gasteiger partial charge in [-0.15, -0.1) is 0 Å². The van der Waals surface area contributed by atoms with Crippen LogP contribution in [-0.4, -0.2) is 136 Å². The Morgan fingerprint density at radius 3 is 2.18 bits per heavy atom. The lowest BCUT2D eigenvalue weighted by Gasteiger charge is -2.57. The zero-order chi connectivity index (χ0) is 40.2. The van der Waals surface area contributed by atoms with Crippen LogP contribution in [0.5, 0.6) is 0 Å². The van der Waals surface area contributed by atoms with Crippen LogP contribution in [0, 0.1) is 34.5 Å². The van der Waals surface area contributed by atoms with Crippen molar-refractivity contribution in [1.82, 2.24) is 0 Å². The molecule has 6 aliphatic rings. The second-order valence-corrected chi connectivity index (χ2v) is 19.0. The third-order valence-electron chi connectivity index (χ3n) is 14.4. The summed E-state index contributed by atoms with van der Waals surface area (Å²) in [6, 6.07) is 0. The average molecular weight is 805 g/mol. The molecule has 0 amide bonds. The zero-order valence-electron chi connectivity index (χ0n) is 32.6. The van der Waals surface area contributed by atoms with Gasteiger partial charge in [-0.25, -0.2) is 4.18 Å². The van der Waals surface area contributed by atoms with Gasteiger partial charge < -0.3 is 54.7 Å². The molecule has 2 saturated heterocycles. The van der Waals surface area contributed by atoms with Gasteiger partial charge in [-0.05, 0) is 113 Å². The molecule has 2 saturated carbocycles. The molecule has 12 unspecified atom stereocenters. The van der Waals surface area contributed by atoms with Crippen molar-refractivity contribution in [3.8, 4) is 0 Å². The van der Waals surface area contributed by atoms with Crippen LogP contribution in [0.25, 0.3) is 0 Å². The van der Waals surface area contributed by atoms with E-state index in [9.17, 15) is 48.7 Å². The molecular formula is C39H64O15S. The summed E-state index contributed by atoms with van der Waals surface area (Å²) in [6.07, 6.45) is -7.06. The quantitative estimate of drug-likeness (QED) is 0.104. The Kier molecular flexibility index (Phi) is 13.3. The van der Waals surface area contributed by atoms with Gasteiger partial charge in [0.1, 0.15) is 48.8 Å². The molecule has 0 aromatic heterocycles. The van der Waals surface area contributed by atoms with Crippen molar-refractivity contribution in [3.63, 3.8) is 0 Å². The lowest BCUT2D eigenvalue weighted by molar-refractivity contribution is -0.373. The number of aliphatic hydroxyl groups is 7. The second kappa shape index (κ2) is 16.9. The van der Waals surface area contributed by atoms with Crippen molar-refractivity contribution in [2.75, 3.05) is 13.2 Å². The summed E-state index contributed by atoms with van der Waals surface area (Å²) in [5.74, 6) is 0.968. The van der Waals surface area contributed by atoms with Gasteiger partial charge >= 0.3 is 10.4 Å². The Labute approximate surface area is 324 Å². The first kappa shape index (κ1) is 43.5. The van der Waals surface area contributed by atoms with E-state index in [0.29, 0.717) is 31.1 Å². The Hall–Kier alpha value is -1.09. The van der Waals surface area contributed by atoms with Crippen molar-refractivity contribution >= 4 is 10.4 Å². The Morgan fingerprint density at radius 1 is 0.891 bits per heavy atom. The first-order chi connectivity index (χ1) is 25.8. The SMILES string of the molecule is CC(C)=CCC[C@@H](C)[C@H]1CCC2C3=C(CC[C@@]21C)[C@@]1(C)CC[C@H](OC2OC(CO)C(O)C(O)C2OC2OC(CO)C(O)C(O)C2O)CC1[C@@H](OS(=O)(=O)O)C3. The van der Waals surface area contributed by atoms with Crippen molar-refractivity contribution in [2.45, 2.75) is 172 Å². The molecule has 6 rings (SSSR count). The summed E-state index contributed by atoms with van der Waals surface area (Å²) in [6.45, 7) is 9.79. The molecule has 8 N–H and O–H groups in total. The van der Waals surface area contributed by atoms with E-state index in [-0.39, 0.29) is 17.8 Å². The van der Waals surface area contributed by atoms with Gasteiger partial charge in [0.25, 0.3) is 0 Å². The first-order valence-electron chi connectivity index (χ1n) is 20.1. The normalized spacial score (nSPS) is 46.7. The summed E-state index contributed by atoms with van der Waals surface area (Å²) in [5.41, 5.74) is 3.55. The van der Waals surface area contributed by atoms with Gasteiger partial charge in [-0.3, -0.25) is 4.55 Å². The summed E-state index contributed by atoms with van der Waals surface area (Å²) in [7, 11) is -4.83. The van der Waals surface area contributed by atoms with E-state index in [4.69, 9.17) is 23.1 Å². The van der Waals surface area contributed by atoms with E-state index in [0.717, 1.165) is 38.5 Å². The Morgan fingerprint density at radius 2 is 1.55 bits per heavy atom. The molecule has 0 aromatic carbocycles. The lowest BCUT2D eigenvalue weighted by atomic mass is 9.50. The topological polar surface area (TPSA) is 242 Å². The minimum Gasteiger partial charge on any atom is -0.394 e. The molecule has 4 aliphatic carbocycles. The van der Waals surface area contributed by atoms with Gasteiger partial charge in [0.05, 0.1) is 25.4 Å². The van der Waals surface area contributed by atoms with Crippen LogP contribution in [0.3, 0.4) is 0 Å². The number of hydrogen-bond donors (Lipinski definition) is 8. The van der Waals surface area contributed by atoms with E-state index in [1.807, 2.05) is 0 Å². The van der Waals surface area contributed by atoms with Crippen LogP contribution < -0.4 is 0 Å². The smallest absolute Gasteiger partial charge is 0.394 e.